The molecule has 7 rings (SSSR count). The summed E-state index contributed by atoms with van der Waals surface area (Å²) in [6.07, 6.45) is 4.77. The van der Waals surface area contributed by atoms with E-state index in [1.54, 1.807) is 10.9 Å². The molecule has 5 aromatic rings. The van der Waals surface area contributed by atoms with Crippen LogP contribution in [0.25, 0.3) is 5.69 Å². The number of benzene rings is 3. The van der Waals surface area contributed by atoms with Crippen molar-refractivity contribution in [3.63, 3.8) is 0 Å². The second kappa shape index (κ2) is 13.8. The van der Waals surface area contributed by atoms with E-state index in [-0.39, 0.29) is 37.1 Å². The van der Waals surface area contributed by atoms with Crippen LogP contribution in [-0.2, 0) is 21.8 Å². The Morgan fingerprint density at radius 2 is 1.59 bits per heavy atom. The second-order valence-corrected chi connectivity index (χ2v) is 12.3. The van der Waals surface area contributed by atoms with Gasteiger partial charge in [-0.05, 0) is 74.0 Å². The fraction of sp³-hybridized carbons (Fsp3) is 0.371. The molecule has 2 saturated heterocycles. The molecular weight excluding hydrogens is 634 g/mol. The number of anilines is 2. The van der Waals surface area contributed by atoms with Gasteiger partial charge in [-0.25, -0.2) is 32.5 Å². The molecule has 14 heteroatoms. The van der Waals surface area contributed by atoms with Crippen LogP contribution < -0.4 is 20.2 Å². The highest BCUT2D eigenvalue weighted by Crippen LogP contribution is 2.38. The molecule has 3 aromatic carbocycles. The normalized spacial score (nSPS) is 20.1. The molecule has 2 aliphatic heterocycles. The van der Waals surface area contributed by atoms with Gasteiger partial charge in [-0.2, -0.15) is 10.2 Å². The molecule has 0 amide bonds. The lowest BCUT2D eigenvalue weighted by molar-refractivity contribution is -0.192. The molecule has 0 unspecified atom stereocenters. The number of piperazine rings is 1. The Morgan fingerprint density at radius 1 is 0.918 bits per heavy atom. The van der Waals surface area contributed by atoms with Gasteiger partial charge in [0.15, 0.2) is 0 Å². The summed E-state index contributed by atoms with van der Waals surface area (Å²) in [5.41, 5.74) is 2.95. The minimum Gasteiger partial charge on any atom is -0.491 e. The predicted molar refractivity (Wildman–Crippen MR) is 178 cm³/mol. The van der Waals surface area contributed by atoms with Crippen molar-refractivity contribution in [3.8, 4) is 11.4 Å². The third kappa shape index (κ3) is 6.78. The van der Waals surface area contributed by atoms with Gasteiger partial charge in [0, 0.05) is 49.2 Å². The summed E-state index contributed by atoms with van der Waals surface area (Å²) in [5.74, 6) is -2.30. The van der Waals surface area contributed by atoms with Crippen LogP contribution >= 0.6 is 0 Å². The van der Waals surface area contributed by atoms with Crippen LogP contribution in [0.1, 0.15) is 31.9 Å². The highest BCUT2D eigenvalue weighted by molar-refractivity contribution is 5.54. The fourth-order valence-corrected chi connectivity index (χ4v) is 6.24. The largest absolute Gasteiger partial charge is 0.491 e. The Hall–Kier alpha value is -5.08. The van der Waals surface area contributed by atoms with Gasteiger partial charge in [0.1, 0.15) is 55.6 Å². The van der Waals surface area contributed by atoms with E-state index < -0.39 is 23.5 Å². The first-order valence-electron chi connectivity index (χ1n) is 16.4. The van der Waals surface area contributed by atoms with Gasteiger partial charge in [0.2, 0.25) is 5.79 Å². The molecule has 0 saturated carbocycles. The maximum atomic E-state index is 14.9. The highest BCUT2D eigenvalue weighted by Gasteiger charge is 2.46. The van der Waals surface area contributed by atoms with Gasteiger partial charge in [-0.1, -0.05) is 6.92 Å². The van der Waals surface area contributed by atoms with Crippen LogP contribution in [0.3, 0.4) is 0 Å². The first-order valence-corrected chi connectivity index (χ1v) is 16.4. The monoisotopic (exact) mass is 672 g/mol. The quantitative estimate of drug-likeness (QED) is 0.200. The highest BCUT2D eigenvalue weighted by atomic mass is 19.1. The van der Waals surface area contributed by atoms with E-state index in [9.17, 15) is 13.6 Å². The Bertz CT molecular complexity index is 1910. The summed E-state index contributed by atoms with van der Waals surface area (Å²) in [4.78, 5) is 21.4. The van der Waals surface area contributed by atoms with Crippen LogP contribution in [0.2, 0.25) is 0 Å². The van der Waals surface area contributed by atoms with Crippen LogP contribution in [-0.4, -0.2) is 74.6 Å². The van der Waals surface area contributed by atoms with Gasteiger partial charge >= 0.3 is 5.69 Å². The Labute approximate surface area is 282 Å². The number of rotatable bonds is 11. The van der Waals surface area contributed by atoms with Crippen molar-refractivity contribution >= 4 is 11.4 Å². The average molecular weight is 673 g/mol. The zero-order valence-electron chi connectivity index (χ0n) is 27.4. The molecule has 0 bridgehead atoms. The van der Waals surface area contributed by atoms with Crippen molar-refractivity contribution in [2.45, 2.75) is 44.7 Å². The lowest BCUT2D eigenvalue weighted by Crippen LogP contribution is -2.46. The molecule has 2 aliphatic rings. The van der Waals surface area contributed by atoms with Crippen molar-refractivity contribution < 1.29 is 23.0 Å². The van der Waals surface area contributed by atoms with Crippen molar-refractivity contribution in [1.82, 2.24) is 29.1 Å². The number of hydrogen-bond acceptors (Lipinski definition) is 9. The van der Waals surface area contributed by atoms with Gasteiger partial charge in [-0.15, -0.1) is 0 Å². The maximum absolute atomic E-state index is 14.9. The molecule has 0 aliphatic carbocycles. The first-order chi connectivity index (χ1) is 23.8. The molecule has 2 aromatic heterocycles. The molecule has 2 fully saturated rings. The minimum atomic E-state index is -1.51. The van der Waals surface area contributed by atoms with Gasteiger partial charge in [0.25, 0.3) is 0 Å². The summed E-state index contributed by atoms with van der Waals surface area (Å²) in [5, 5.41) is 8.39. The van der Waals surface area contributed by atoms with E-state index in [0.717, 1.165) is 55.7 Å². The predicted octanol–water partition coefficient (Wildman–Crippen LogP) is 4.55. The third-order valence-corrected chi connectivity index (χ3v) is 9.15. The summed E-state index contributed by atoms with van der Waals surface area (Å²) in [6.45, 7) is 7.80. The van der Waals surface area contributed by atoms with Crippen molar-refractivity contribution in [1.29, 1.82) is 0 Å². The van der Waals surface area contributed by atoms with Gasteiger partial charge < -0.3 is 24.0 Å². The third-order valence-electron chi connectivity index (χ3n) is 9.15. The lowest BCUT2D eigenvalue weighted by atomic mass is 10.0. The molecule has 49 heavy (non-hydrogen) atoms. The zero-order valence-corrected chi connectivity index (χ0v) is 27.4. The molecule has 0 spiro atoms. The molecule has 0 N–H and O–H groups in total. The Morgan fingerprint density at radius 3 is 2.22 bits per heavy atom. The fourth-order valence-electron chi connectivity index (χ4n) is 6.24. The Kier molecular flexibility index (Phi) is 9.15. The van der Waals surface area contributed by atoms with E-state index in [1.807, 2.05) is 50.2 Å². The second-order valence-electron chi connectivity index (χ2n) is 12.3. The van der Waals surface area contributed by atoms with E-state index in [0.29, 0.717) is 5.75 Å². The summed E-state index contributed by atoms with van der Waals surface area (Å²) in [7, 11) is 0. The van der Waals surface area contributed by atoms with Crippen LogP contribution in [0.5, 0.6) is 5.75 Å². The Balaban J connectivity index is 0.925. The average Bonchev–Trinajstić information content (AvgIpc) is 3.88. The SMILES string of the molecule is CC[C@H](C)n1ncn(-c2ccc(N3CCN(c4ccc(OC[C@@H]5CO[C@](Cn6cncn6)(c6ccc(F)cc6F)O5)cc4)CC3)cc2)c1=O. The van der Waals surface area contributed by atoms with Gasteiger partial charge in [0.05, 0.1) is 18.3 Å². The molecular formula is C35H38F2N8O4. The van der Waals surface area contributed by atoms with Crippen LogP contribution in [0.4, 0.5) is 20.2 Å². The summed E-state index contributed by atoms with van der Waals surface area (Å²) in [6, 6.07) is 19.3. The standard InChI is InChI=1S/C35H38F2N8O4/c1-3-25(2)45-34(46)44(24-40-45)29-7-5-27(6-8-29)41-14-16-42(17-15-41)28-9-11-30(12-10-28)47-19-31-20-48-35(49-31,21-43-23-38-22-39-43)32-13-4-26(36)18-33(32)37/h4-13,18,22-25,31H,3,14-17,19-21H2,1-2H3/t25-,31+,35-/m0/s1. The van der Waals surface area contributed by atoms with Crippen molar-refractivity contribution in [2.24, 2.45) is 0 Å². The van der Waals surface area contributed by atoms with E-state index in [1.165, 1.54) is 34.2 Å². The number of nitrogens with zero attached hydrogens (tertiary/aromatic N) is 8. The van der Waals surface area contributed by atoms with E-state index in [4.69, 9.17) is 14.2 Å². The molecule has 3 atom stereocenters. The minimum absolute atomic E-state index is 0.0334. The molecule has 256 valence electrons. The maximum Gasteiger partial charge on any atom is 0.350 e. The number of hydrogen-bond donors (Lipinski definition) is 0. The summed E-state index contributed by atoms with van der Waals surface area (Å²) >= 11 is 0. The first kappa shape index (κ1) is 32.5. The van der Waals surface area contributed by atoms with Crippen molar-refractivity contribution in [3.05, 3.63) is 113 Å². The van der Waals surface area contributed by atoms with Crippen LogP contribution in [0, 0.1) is 11.6 Å². The summed E-state index contributed by atoms with van der Waals surface area (Å²) < 4.78 is 51.4. The topological polar surface area (TPSA) is 105 Å². The zero-order chi connectivity index (χ0) is 34.0. The smallest absolute Gasteiger partial charge is 0.350 e. The lowest BCUT2D eigenvalue weighted by Gasteiger charge is -2.37. The van der Waals surface area contributed by atoms with Crippen molar-refractivity contribution in [2.75, 3.05) is 49.2 Å². The number of halogens is 2. The molecule has 12 nitrogen and oxygen atoms in total. The van der Waals surface area contributed by atoms with Gasteiger partial charge in [-0.3, -0.25) is 0 Å². The van der Waals surface area contributed by atoms with Crippen LogP contribution in [0.15, 0.2) is 90.5 Å². The number of ether oxygens (including phenoxy) is 3. The van der Waals surface area contributed by atoms with E-state index in [2.05, 4.69) is 37.1 Å². The molecule has 0 radical (unpaired) electrons. The number of aromatic nitrogens is 6. The van der Waals surface area contributed by atoms with E-state index >= 15 is 0 Å². The molecule has 4 heterocycles.